The van der Waals surface area contributed by atoms with E-state index in [0.717, 1.165) is 11.1 Å². The molecule has 4 rings (SSSR count). The molecule has 4 nitrogen and oxygen atoms in total. The van der Waals surface area contributed by atoms with Crippen LogP contribution in [0.5, 0.6) is 5.75 Å². The average molecular weight is 398 g/mol. The first kappa shape index (κ1) is 18.7. The quantitative estimate of drug-likeness (QED) is 0.419. The van der Waals surface area contributed by atoms with Crippen molar-refractivity contribution in [2.45, 2.75) is 6.61 Å². The molecule has 0 saturated heterocycles. The van der Waals surface area contributed by atoms with Gasteiger partial charge in [-0.05, 0) is 35.9 Å². The summed E-state index contributed by atoms with van der Waals surface area (Å²) in [5.74, 6) is 1.09. The SMILES string of the molecule is N#Cc1ccc(OCc2ccccc2)c(-c2nccc(-c3ccccc3Cl)n2)c1. The number of aromatic nitrogens is 2. The first-order chi connectivity index (χ1) is 14.2. The van der Waals surface area contributed by atoms with Crippen molar-refractivity contribution in [1.82, 2.24) is 9.97 Å². The van der Waals surface area contributed by atoms with E-state index in [2.05, 4.69) is 16.0 Å². The van der Waals surface area contributed by atoms with E-state index in [1.54, 1.807) is 24.4 Å². The fourth-order valence-electron chi connectivity index (χ4n) is 2.94. The molecule has 4 aromatic rings. The third-order valence-corrected chi connectivity index (χ3v) is 4.72. The molecule has 0 aliphatic heterocycles. The lowest BCUT2D eigenvalue weighted by Crippen LogP contribution is -1.99. The normalized spacial score (nSPS) is 10.3. The average Bonchev–Trinajstić information content (AvgIpc) is 2.78. The monoisotopic (exact) mass is 397 g/mol. The Labute approximate surface area is 174 Å². The Bertz CT molecular complexity index is 1190. The Morgan fingerprint density at radius 3 is 2.48 bits per heavy atom. The highest BCUT2D eigenvalue weighted by Gasteiger charge is 2.13. The molecule has 1 aromatic heterocycles. The molecule has 140 valence electrons. The number of nitriles is 1. The smallest absolute Gasteiger partial charge is 0.163 e. The molecule has 0 saturated carbocycles. The first-order valence-electron chi connectivity index (χ1n) is 9.04. The highest BCUT2D eigenvalue weighted by atomic mass is 35.5. The highest BCUT2D eigenvalue weighted by molar-refractivity contribution is 6.33. The summed E-state index contributed by atoms with van der Waals surface area (Å²) in [5, 5.41) is 9.94. The van der Waals surface area contributed by atoms with Gasteiger partial charge in [0.25, 0.3) is 0 Å². The topological polar surface area (TPSA) is 58.8 Å². The van der Waals surface area contributed by atoms with Crippen LogP contribution in [0.4, 0.5) is 0 Å². The van der Waals surface area contributed by atoms with Gasteiger partial charge in [0.15, 0.2) is 5.82 Å². The highest BCUT2D eigenvalue weighted by Crippen LogP contribution is 2.32. The molecule has 0 radical (unpaired) electrons. The predicted octanol–water partition coefficient (Wildman–Crippen LogP) is 5.91. The van der Waals surface area contributed by atoms with E-state index in [1.165, 1.54) is 0 Å². The minimum atomic E-state index is 0.407. The van der Waals surface area contributed by atoms with E-state index >= 15 is 0 Å². The van der Waals surface area contributed by atoms with Crippen LogP contribution in [0, 0.1) is 11.3 Å². The molecule has 0 unspecified atom stereocenters. The molecule has 0 atom stereocenters. The van der Waals surface area contributed by atoms with Gasteiger partial charge in [-0.25, -0.2) is 9.97 Å². The van der Waals surface area contributed by atoms with Crippen molar-refractivity contribution >= 4 is 11.6 Å². The number of ether oxygens (including phenoxy) is 1. The van der Waals surface area contributed by atoms with Crippen molar-refractivity contribution in [1.29, 1.82) is 5.26 Å². The molecular formula is C24H16ClN3O. The van der Waals surface area contributed by atoms with Crippen LogP contribution < -0.4 is 4.74 Å². The van der Waals surface area contributed by atoms with Crippen molar-refractivity contribution in [2.75, 3.05) is 0 Å². The summed E-state index contributed by atoms with van der Waals surface area (Å²) in [6, 6.07) is 26.6. The van der Waals surface area contributed by atoms with Crippen LogP contribution in [0.25, 0.3) is 22.6 Å². The molecule has 0 N–H and O–H groups in total. The summed E-state index contributed by atoms with van der Waals surface area (Å²) in [4.78, 5) is 9.09. The van der Waals surface area contributed by atoms with Crippen LogP contribution in [0.15, 0.2) is 85.1 Å². The number of rotatable bonds is 5. The molecular weight excluding hydrogens is 382 g/mol. The van der Waals surface area contributed by atoms with Gasteiger partial charge in [-0.1, -0.05) is 60.1 Å². The Balaban J connectivity index is 1.73. The van der Waals surface area contributed by atoms with Gasteiger partial charge in [-0.2, -0.15) is 5.26 Å². The molecule has 5 heteroatoms. The maximum Gasteiger partial charge on any atom is 0.163 e. The fraction of sp³-hybridized carbons (Fsp3) is 0.0417. The van der Waals surface area contributed by atoms with Crippen molar-refractivity contribution in [3.63, 3.8) is 0 Å². The second kappa shape index (κ2) is 8.55. The largest absolute Gasteiger partial charge is 0.488 e. The molecule has 0 aliphatic rings. The minimum absolute atomic E-state index is 0.407. The van der Waals surface area contributed by atoms with Crippen molar-refractivity contribution in [2.24, 2.45) is 0 Å². The molecule has 0 amide bonds. The van der Waals surface area contributed by atoms with E-state index in [-0.39, 0.29) is 0 Å². The summed E-state index contributed by atoms with van der Waals surface area (Å²) < 4.78 is 6.03. The number of nitrogens with zero attached hydrogens (tertiary/aromatic N) is 3. The van der Waals surface area contributed by atoms with Gasteiger partial charge in [0, 0.05) is 16.8 Å². The van der Waals surface area contributed by atoms with Crippen LogP contribution in [0.1, 0.15) is 11.1 Å². The van der Waals surface area contributed by atoms with Gasteiger partial charge in [-0.3, -0.25) is 0 Å². The van der Waals surface area contributed by atoms with E-state index in [4.69, 9.17) is 16.3 Å². The fourth-order valence-corrected chi connectivity index (χ4v) is 3.18. The lowest BCUT2D eigenvalue weighted by atomic mass is 10.1. The van der Waals surface area contributed by atoms with E-state index < -0.39 is 0 Å². The lowest BCUT2D eigenvalue weighted by molar-refractivity contribution is 0.307. The number of benzene rings is 3. The molecule has 0 fully saturated rings. The molecule has 0 spiro atoms. The van der Waals surface area contributed by atoms with Crippen LogP contribution in [0.2, 0.25) is 5.02 Å². The Kier molecular flexibility index (Phi) is 5.51. The number of halogens is 1. The minimum Gasteiger partial charge on any atom is -0.488 e. The Morgan fingerprint density at radius 2 is 1.69 bits per heavy atom. The van der Waals surface area contributed by atoms with Crippen LogP contribution in [0.3, 0.4) is 0 Å². The molecule has 0 bridgehead atoms. The third-order valence-electron chi connectivity index (χ3n) is 4.39. The second-order valence-corrected chi connectivity index (χ2v) is 6.75. The third kappa shape index (κ3) is 4.26. The van der Waals surface area contributed by atoms with Crippen molar-refractivity contribution in [3.8, 4) is 34.5 Å². The lowest BCUT2D eigenvalue weighted by Gasteiger charge is -2.12. The maximum absolute atomic E-state index is 9.33. The van der Waals surface area contributed by atoms with Gasteiger partial charge in [0.1, 0.15) is 12.4 Å². The van der Waals surface area contributed by atoms with Crippen molar-refractivity contribution in [3.05, 3.63) is 101 Å². The standard InChI is InChI=1S/C24H16ClN3O/c25-21-9-5-4-8-19(21)22-12-13-27-24(28-22)20-14-18(15-26)10-11-23(20)29-16-17-6-2-1-3-7-17/h1-14H,16H2. The Morgan fingerprint density at radius 1 is 0.897 bits per heavy atom. The van der Waals surface area contributed by atoms with Crippen LogP contribution in [-0.4, -0.2) is 9.97 Å². The van der Waals surface area contributed by atoms with Gasteiger partial charge in [-0.15, -0.1) is 0 Å². The van der Waals surface area contributed by atoms with E-state index in [1.807, 2.05) is 60.7 Å². The number of hydrogen-bond donors (Lipinski definition) is 0. The van der Waals surface area contributed by atoms with Crippen LogP contribution in [-0.2, 0) is 6.61 Å². The molecule has 29 heavy (non-hydrogen) atoms. The first-order valence-corrected chi connectivity index (χ1v) is 9.41. The Hall–Kier alpha value is -3.68. The van der Waals surface area contributed by atoms with E-state index in [0.29, 0.717) is 40.0 Å². The van der Waals surface area contributed by atoms with Gasteiger partial charge >= 0.3 is 0 Å². The summed E-state index contributed by atoms with van der Waals surface area (Å²) in [6.45, 7) is 0.407. The second-order valence-electron chi connectivity index (χ2n) is 6.34. The van der Waals surface area contributed by atoms with Gasteiger partial charge < -0.3 is 4.74 Å². The van der Waals surface area contributed by atoms with Crippen LogP contribution >= 0.6 is 11.6 Å². The summed E-state index contributed by atoms with van der Waals surface area (Å²) in [6.07, 6.45) is 1.68. The zero-order valence-electron chi connectivity index (χ0n) is 15.4. The summed E-state index contributed by atoms with van der Waals surface area (Å²) >= 11 is 6.33. The molecule has 3 aromatic carbocycles. The zero-order chi connectivity index (χ0) is 20.1. The predicted molar refractivity (Wildman–Crippen MR) is 113 cm³/mol. The zero-order valence-corrected chi connectivity index (χ0v) is 16.2. The molecule has 1 heterocycles. The van der Waals surface area contributed by atoms with Gasteiger partial charge in [0.05, 0.1) is 22.9 Å². The van der Waals surface area contributed by atoms with Gasteiger partial charge in [0.2, 0.25) is 0 Å². The summed E-state index contributed by atoms with van der Waals surface area (Å²) in [7, 11) is 0. The van der Waals surface area contributed by atoms with Crippen molar-refractivity contribution < 1.29 is 4.74 Å². The molecule has 0 aliphatic carbocycles. The maximum atomic E-state index is 9.33. The number of hydrogen-bond acceptors (Lipinski definition) is 4. The summed E-state index contributed by atoms with van der Waals surface area (Å²) in [5.41, 5.74) is 3.75. The van der Waals surface area contributed by atoms with E-state index in [9.17, 15) is 5.26 Å².